The Balaban J connectivity index is 1.69. The molecule has 120 valence electrons. The van der Waals surface area contributed by atoms with Crippen LogP contribution < -0.4 is 16.0 Å². The van der Waals surface area contributed by atoms with Gasteiger partial charge in [-0.3, -0.25) is 4.79 Å². The van der Waals surface area contributed by atoms with Crippen molar-refractivity contribution in [3.8, 4) is 0 Å². The normalized spacial score (nSPS) is 9.96. The fourth-order valence-corrected chi connectivity index (χ4v) is 2.66. The van der Waals surface area contributed by atoms with Gasteiger partial charge in [0.15, 0.2) is 0 Å². The van der Waals surface area contributed by atoms with Crippen LogP contribution in [-0.4, -0.2) is 24.2 Å². The van der Waals surface area contributed by atoms with Crippen molar-refractivity contribution in [3.63, 3.8) is 0 Å². The van der Waals surface area contributed by atoms with Crippen LogP contribution in [-0.2, 0) is 4.79 Å². The van der Waals surface area contributed by atoms with Crippen LogP contribution in [0.15, 0.2) is 59.5 Å². The molecule has 0 unspecified atom stereocenters. The summed E-state index contributed by atoms with van der Waals surface area (Å²) in [5, 5.41) is 8.23. The average Bonchev–Trinajstić information content (AvgIpc) is 2.54. The Morgan fingerprint density at radius 2 is 1.52 bits per heavy atom. The van der Waals surface area contributed by atoms with Crippen molar-refractivity contribution in [3.05, 3.63) is 54.6 Å². The van der Waals surface area contributed by atoms with Gasteiger partial charge in [0, 0.05) is 35.5 Å². The number of carbonyl (C=O) groups excluding carboxylic acids is 2. The van der Waals surface area contributed by atoms with E-state index < -0.39 is 0 Å². The molecule has 0 bridgehead atoms. The molecule has 2 rings (SSSR count). The second-order valence-electron chi connectivity index (χ2n) is 4.80. The van der Waals surface area contributed by atoms with Gasteiger partial charge >= 0.3 is 6.03 Å². The van der Waals surface area contributed by atoms with E-state index in [0.717, 1.165) is 5.75 Å². The Morgan fingerprint density at radius 3 is 2.13 bits per heavy atom. The molecule has 3 N–H and O–H groups in total. The predicted octanol–water partition coefficient (Wildman–Crippen LogP) is 3.56. The van der Waals surface area contributed by atoms with E-state index in [0.29, 0.717) is 17.9 Å². The lowest BCUT2D eigenvalue weighted by Gasteiger charge is -2.08. The first kappa shape index (κ1) is 16.9. The maximum absolute atomic E-state index is 11.8. The molecule has 2 aromatic rings. The summed E-state index contributed by atoms with van der Waals surface area (Å²) in [7, 11) is 0. The van der Waals surface area contributed by atoms with Gasteiger partial charge in [-0.25, -0.2) is 4.79 Å². The van der Waals surface area contributed by atoms with Gasteiger partial charge in [0.1, 0.15) is 0 Å². The minimum Gasteiger partial charge on any atom is -0.337 e. The second kappa shape index (κ2) is 8.85. The summed E-state index contributed by atoms with van der Waals surface area (Å²) >= 11 is 1.69. The number of urea groups is 1. The third-order valence-corrected chi connectivity index (χ3v) is 3.88. The van der Waals surface area contributed by atoms with Gasteiger partial charge in [-0.05, 0) is 36.4 Å². The molecular formula is C17H19N3O2S. The fraction of sp³-hybridized carbons (Fsp3) is 0.176. The number of rotatable bonds is 6. The van der Waals surface area contributed by atoms with E-state index in [-0.39, 0.29) is 11.9 Å². The molecule has 3 amide bonds. The highest BCUT2D eigenvalue weighted by atomic mass is 32.2. The third kappa shape index (κ3) is 6.44. The molecule has 0 radical (unpaired) electrons. The van der Waals surface area contributed by atoms with Crippen molar-refractivity contribution >= 4 is 35.1 Å². The molecule has 0 spiro atoms. The van der Waals surface area contributed by atoms with Gasteiger partial charge in [-0.1, -0.05) is 18.2 Å². The number of hydrogen-bond donors (Lipinski definition) is 3. The van der Waals surface area contributed by atoms with Crippen molar-refractivity contribution in [1.82, 2.24) is 5.32 Å². The summed E-state index contributed by atoms with van der Waals surface area (Å²) in [6.45, 7) is 2.03. The molecule has 5 nitrogen and oxygen atoms in total. The summed E-state index contributed by atoms with van der Waals surface area (Å²) in [4.78, 5) is 23.9. The minimum atomic E-state index is -0.245. The predicted molar refractivity (Wildman–Crippen MR) is 94.9 cm³/mol. The maximum Gasteiger partial charge on any atom is 0.319 e. The number of carbonyl (C=O) groups is 2. The number of hydrogen-bond acceptors (Lipinski definition) is 3. The zero-order chi connectivity index (χ0) is 16.5. The van der Waals surface area contributed by atoms with E-state index in [2.05, 4.69) is 16.0 Å². The number of anilines is 2. The van der Waals surface area contributed by atoms with Crippen molar-refractivity contribution in [2.45, 2.75) is 11.8 Å². The summed E-state index contributed by atoms with van der Waals surface area (Å²) < 4.78 is 0. The van der Waals surface area contributed by atoms with Gasteiger partial charge in [0.2, 0.25) is 5.91 Å². The summed E-state index contributed by atoms with van der Waals surface area (Å²) in [6.07, 6.45) is 0. The van der Waals surface area contributed by atoms with Crippen molar-refractivity contribution in [1.29, 1.82) is 0 Å². The molecule has 6 heteroatoms. The Kier molecular flexibility index (Phi) is 6.50. The third-order valence-electron chi connectivity index (χ3n) is 2.86. The summed E-state index contributed by atoms with van der Waals surface area (Å²) in [5.41, 5.74) is 1.37. The Hall–Kier alpha value is -2.47. The van der Waals surface area contributed by atoms with Crippen molar-refractivity contribution in [2.75, 3.05) is 22.9 Å². The van der Waals surface area contributed by atoms with E-state index >= 15 is 0 Å². The quantitative estimate of drug-likeness (QED) is 0.560. The number of amides is 3. The van der Waals surface area contributed by atoms with E-state index in [1.54, 1.807) is 36.0 Å². The molecule has 0 aliphatic carbocycles. The Morgan fingerprint density at radius 1 is 0.913 bits per heavy atom. The number of nitrogens with one attached hydrogen (secondary N) is 3. The fourth-order valence-electron chi connectivity index (χ4n) is 1.87. The first-order valence-corrected chi connectivity index (χ1v) is 8.22. The SMILES string of the molecule is CC(=O)Nc1ccc(NC(=O)NCCSc2ccccc2)cc1. The second-order valence-corrected chi connectivity index (χ2v) is 5.97. The maximum atomic E-state index is 11.8. The molecule has 2 aromatic carbocycles. The van der Waals surface area contributed by atoms with Gasteiger partial charge in [0.25, 0.3) is 0 Å². The molecule has 0 saturated heterocycles. The topological polar surface area (TPSA) is 70.2 Å². The lowest BCUT2D eigenvalue weighted by Crippen LogP contribution is -2.30. The lowest BCUT2D eigenvalue weighted by atomic mass is 10.3. The van der Waals surface area contributed by atoms with E-state index in [4.69, 9.17) is 0 Å². The molecule has 0 aliphatic heterocycles. The van der Waals surface area contributed by atoms with Gasteiger partial charge in [-0.2, -0.15) is 0 Å². The Bertz CT molecular complexity index is 645. The number of thioether (sulfide) groups is 1. The molecule has 23 heavy (non-hydrogen) atoms. The summed E-state index contributed by atoms with van der Waals surface area (Å²) in [6, 6.07) is 16.8. The van der Waals surface area contributed by atoms with Crippen LogP contribution in [0.5, 0.6) is 0 Å². The molecular weight excluding hydrogens is 310 g/mol. The van der Waals surface area contributed by atoms with Crippen LogP contribution in [0, 0.1) is 0 Å². The minimum absolute atomic E-state index is 0.126. The van der Waals surface area contributed by atoms with Gasteiger partial charge < -0.3 is 16.0 Å². The Labute approximate surface area is 139 Å². The average molecular weight is 329 g/mol. The highest BCUT2D eigenvalue weighted by Gasteiger charge is 2.02. The van der Waals surface area contributed by atoms with Crippen LogP contribution in [0.1, 0.15) is 6.92 Å². The van der Waals surface area contributed by atoms with Crippen LogP contribution in [0.25, 0.3) is 0 Å². The van der Waals surface area contributed by atoms with Crippen LogP contribution in [0.3, 0.4) is 0 Å². The van der Waals surface area contributed by atoms with Crippen LogP contribution in [0.2, 0.25) is 0 Å². The lowest BCUT2D eigenvalue weighted by molar-refractivity contribution is -0.114. The number of benzene rings is 2. The van der Waals surface area contributed by atoms with E-state index in [1.165, 1.54) is 11.8 Å². The standard InChI is InChI=1S/C17H19N3O2S/c1-13(21)19-14-7-9-15(10-8-14)20-17(22)18-11-12-23-16-5-3-2-4-6-16/h2-10H,11-12H2,1H3,(H,19,21)(H2,18,20,22). The highest BCUT2D eigenvalue weighted by molar-refractivity contribution is 7.99. The summed E-state index contributed by atoms with van der Waals surface area (Å²) in [5.74, 6) is 0.679. The van der Waals surface area contributed by atoms with Crippen LogP contribution >= 0.6 is 11.8 Å². The first-order chi connectivity index (χ1) is 11.1. The zero-order valence-electron chi connectivity index (χ0n) is 12.8. The van der Waals surface area contributed by atoms with E-state index in [9.17, 15) is 9.59 Å². The molecule has 0 heterocycles. The molecule has 0 atom stereocenters. The molecule has 0 saturated carbocycles. The van der Waals surface area contributed by atoms with Crippen molar-refractivity contribution in [2.24, 2.45) is 0 Å². The monoisotopic (exact) mass is 329 g/mol. The molecule has 0 fully saturated rings. The molecule has 0 aromatic heterocycles. The zero-order valence-corrected chi connectivity index (χ0v) is 13.7. The van der Waals surface area contributed by atoms with Gasteiger partial charge in [0.05, 0.1) is 0 Å². The van der Waals surface area contributed by atoms with Gasteiger partial charge in [-0.15, -0.1) is 11.8 Å². The van der Waals surface area contributed by atoms with E-state index in [1.807, 2.05) is 30.3 Å². The van der Waals surface area contributed by atoms with Crippen LogP contribution in [0.4, 0.5) is 16.2 Å². The molecule has 0 aliphatic rings. The first-order valence-electron chi connectivity index (χ1n) is 7.24. The largest absolute Gasteiger partial charge is 0.337 e. The van der Waals surface area contributed by atoms with Crippen molar-refractivity contribution < 1.29 is 9.59 Å². The highest BCUT2D eigenvalue weighted by Crippen LogP contribution is 2.16. The smallest absolute Gasteiger partial charge is 0.319 e.